The van der Waals surface area contributed by atoms with Crippen LogP contribution in [-0.4, -0.2) is 76.1 Å². The predicted octanol–water partition coefficient (Wildman–Crippen LogP) is 3.21. The van der Waals surface area contributed by atoms with Crippen LogP contribution >= 0.6 is 0 Å². The summed E-state index contributed by atoms with van der Waals surface area (Å²) in [5.74, 6) is -4.45. The lowest BCUT2D eigenvalue weighted by Crippen LogP contribution is -2.55. The van der Waals surface area contributed by atoms with Crippen molar-refractivity contribution in [3.63, 3.8) is 0 Å². The molecule has 0 aliphatic rings. The molecule has 0 radical (unpaired) electrons. The maximum atomic E-state index is 14.0. The van der Waals surface area contributed by atoms with Crippen LogP contribution in [0.2, 0.25) is 0 Å². The molecule has 12 heteroatoms. The molecule has 6 N–H and O–H groups in total. The minimum absolute atomic E-state index is 0.0462. The van der Waals surface area contributed by atoms with Crippen LogP contribution < -0.4 is 16.4 Å². The molecule has 0 aliphatic heterocycles. The highest BCUT2D eigenvalue weighted by atomic mass is 19.1. The first-order valence-corrected chi connectivity index (χ1v) is 15.1. The third-order valence-corrected chi connectivity index (χ3v) is 7.36. The second-order valence-electron chi connectivity index (χ2n) is 11.1. The number of nitrogens with zero attached hydrogens (tertiary/aromatic N) is 1. The van der Waals surface area contributed by atoms with Crippen molar-refractivity contribution in [1.82, 2.24) is 15.5 Å². The lowest BCUT2D eigenvalue weighted by atomic mass is 9.93. The van der Waals surface area contributed by atoms with Crippen molar-refractivity contribution >= 4 is 23.6 Å². The number of aliphatic hydroxyl groups is 2. The fourth-order valence-electron chi connectivity index (χ4n) is 5.05. The van der Waals surface area contributed by atoms with Crippen molar-refractivity contribution in [3.8, 4) is 0 Å². The smallest absolute Gasteiger partial charge is 0.253 e. The zero-order valence-electron chi connectivity index (χ0n) is 26.0. The second-order valence-corrected chi connectivity index (χ2v) is 11.1. The van der Waals surface area contributed by atoms with E-state index in [1.165, 1.54) is 25.1 Å². The van der Waals surface area contributed by atoms with E-state index in [1.807, 2.05) is 13.8 Å². The molecule has 4 amide bonds. The lowest BCUT2D eigenvalue weighted by molar-refractivity contribution is -0.0187. The molecule has 3 rings (SSSR count). The van der Waals surface area contributed by atoms with Crippen LogP contribution in [0, 0.1) is 11.6 Å². The van der Waals surface area contributed by atoms with Crippen LogP contribution in [0.4, 0.5) is 8.78 Å². The van der Waals surface area contributed by atoms with Crippen molar-refractivity contribution in [2.45, 2.75) is 64.3 Å². The number of aliphatic hydroxyl groups excluding tert-OH is 2. The van der Waals surface area contributed by atoms with Gasteiger partial charge in [-0.3, -0.25) is 19.2 Å². The lowest BCUT2D eigenvalue weighted by Gasteiger charge is -2.31. The Morgan fingerprint density at radius 2 is 1.30 bits per heavy atom. The number of rotatable bonds is 15. The molecular weight excluding hydrogens is 598 g/mol. The highest BCUT2D eigenvalue weighted by molar-refractivity contribution is 6.04. The summed E-state index contributed by atoms with van der Waals surface area (Å²) in [6.45, 7) is 6.16. The number of halogens is 2. The van der Waals surface area contributed by atoms with Crippen molar-refractivity contribution in [3.05, 3.63) is 106 Å². The molecule has 0 saturated heterocycles. The van der Waals surface area contributed by atoms with Gasteiger partial charge in [-0.25, -0.2) is 8.78 Å². The summed E-state index contributed by atoms with van der Waals surface area (Å²) in [5.41, 5.74) is 5.68. The first-order chi connectivity index (χ1) is 21.8. The van der Waals surface area contributed by atoms with Crippen molar-refractivity contribution in [2.24, 2.45) is 5.73 Å². The van der Waals surface area contributed by atoms with Gasteiger partial charge in [0, 0.05) is 41.4 Å². The molecular formula is C34H40F2N4O6. The Hall–Kier alpha value is -4.68. The summed E-state index contributed by atoms with van der Waals surface area (Å²) in [5, 5.41) is 27.5. The summed E-state index contributed by atoms with van der Waals surface area (Å²) < 4.78 is 28.1. The number of carbonyl (C=O) groups is 4. The zero-order valence-corrected chi connectivity index (χ0v) is 26.0. The van der Waals surface area contributed by atoms with Gasteiger partial charge in [0.2, 0.25) is 5.91 Å². The van der Waals surface area contributed by atoms with Gasteiger partial charge in [-0.2, -0.15) is 0 Å². The van der Waals surface area contributed by atoms with Crippen LogP contribution in [0.25, 0.3) is 0 Å². The van der Waals surface area contributed by atoms with Crippen LogP contribution in [0.5, 0.6) is 0 Å². The minimum Gasteiger partial charge on any atom is -0.388 e. The maximum Gasteiger partial charge on any atom is 0.253 e. The quantitative estimate of drug-likeness (QED) is 0.172. The highest BCUT2D eigenvalue weighted by Crippen LogP contribution is 2.18. The molecule has 0 saturated carbocycles. The summed E-state index contributed by atoms with van der Waals surface area (Å²) in [7, 11) is 0. The topological polar surface area (TPSA) is 162 Å². The number of amides is 4. The molecule has 246 valence electrons. The maximum absolute atomic E-state index is 14.0. The first-order valence-electron chi connectivity index (χ1n) is 15.1. The highest BCUT2D eigenvalue weighted by Gasteiger charge is 2.33. The number of benzene rings is 3. The molecule has 0 bridgehead atoms. The molecule has 3 aromatic rings. The van der Waals surface area contributed by atoms with Crippen molar-refractivity contribution in [2.75, 3.05) is 13.1 Å². The van der Waals surface area contributed by atoms with Gasteiger partial charge in [0.05, 0.1) is 12.1 Å². The van der Waals surface area contributed by atoms with Gasteiger partial charge in [0.1, 0.15) is 23.8 Å². The van der Waals surface area contributed by atoms with E-state index in [2.05, 4.69) is 10.6 Å². The zero-order chi connectivity index (χ0) is 34.0. The molecule has 0 aromatic heterocycles. The van der Waals surface area contributed by atoms with Gasteiger partial charge < -0.3 is 31.5 Å². The van der Waals surface area contributed by atoms with Gasteiger partial charge in [0.25, 0.3) is 17.7 Å². The van der Waals surface area contributed by atoms with Crippen molar-refractivity contribution < 1.29 is 38.2 Å². The van der Waals surface area contributed by atoms with E-state index in [-0.39, 0.29) is 28.7 Å². The van der Waals surface area contributed by atoms with E-state index in [9.17, 15) is 38.2 Å². The molecule has 4 atom stereocenters. The number of hydrogen-bond donors (Lipinski definition) is 5. The normalized spacial score (nSPS) is 13.6. The third-order valence-electron chi connectivity index (χ3n) is 7.36. The van der Waals surface area contributed by atoms with Crippen molar-refractivity contribution in [1.29, 1.82) is 0 Å². The van der Waals surface area contributed by atoms with Crippen LogP contribution in [0.3, 0.4) is 0 Å². The number of nitrogens with two attached hydrogens (primary N) is 1. The van der Waals surface area contributed by atoms with Crippen LogP contribution in [-0.2, 0) is 6.42 Å². The van der Waals surface area contributed by atoms with E-state index < -0.39 is 59.6 Å². The van der Waals surface area contributed by atoms with E-state index >= 15 is 0 Å². The van der Waals surface area contributed by atoms with Gasteiger partial charge in [-0.15, -0.1) is 0 Å². The Bertz CT molecular complexity index is 1510. The van der Waals surface area contributed by atoms with E-state index in [0.717, 1.165) is 12.1 Å². The SMILES string of the molecule is CCCN(CCC)C(=O)c1cc(C(N)=O)cc(C(=O)NC(Cc2cc(F)cc(F)c2)C(O)C(O)C(C)NC(=O)c2ccccc2)c1. The Morgan fingerprint density at radius 1 is 0.761 bits per heavy atom. The fraction of sp³-hybridized carbons (Fsp3) is 0.353. The predicted molar refractivity (Wildman–Crippen MR) is 168 cm³/mol. The molecule has 0 spiro atoms. The molecule has 0 heterocycles. The summed E-state index contributed by atoms with van der Waals surface area (Å²) in [6.07, 6.45) is -2.38. The molecule has 46 heavy (non-hydrogen) atoms. The Balaban J connectivity index is 1.94. The number of nitrogens with one attached hydrogen (secondary N) is 2. The summed E-state index contributed by atoms with van der Waals surface area (Å²) in [4.78, 5) is 53.3. The van der Waals surface area contributed by atoms with Gasteiger partial charge in [-0.05, 0) is 74.2 Å². The standard InChI is InChI=1S/C34H40F2N4O6/c1-4-11-40(12-5-2)34(46)25-17-23(31(37)43)16-24(18-25)33(45)39-28(15-21-13-26(35)19-27(36)14-21)30(42)29(41)20(3)38-32(44)22-9-7-6-8-10-22/h6-10,13-14,16-20,28-30,41-42H,4-5,11-12,15H2,1-3H3,(H2,37,43)(H,38,44)(H,39,45). The molecule has 0 aliphatic carbocycles. The van der Waals surface area contributed by atoms with Crippen LogP contribution in [0.15, 0.2) is 66.7 Å². The Morgan fingerprint density at radius 3 is 1.87 bits per heavy atom. The van der Waals surface area contributed by atoms with E-state index in [4.69, 9.17) is 5.73 Å². The van der Waals surface area contributed by atoms with Crippen LogP contribution in [0.1, 0.15) is 80.6 Å². The minimum atomic E-state index is -1.76. The number of carbonyl (C=O) groups excluding carboxylic acids is 4. The molecule has 3 aromatic carbocycles. The monoisotopic (exact) mass is 638 g/mol. The van der Waals surface area contributed by atoms with Gasteiger partial charge >= 0.3 is 0 Å². The first kappa shape index (κ1) is 35.8. The van der Waals surface area contributed by atoms with Gasteiger partial charge in [-0.1, -0.05) is 32.0 Å². The number of primary amides is 1. The average Bonchev–Trinajstić information content (AvgIpc) is 3.02. The molecule has 4 unspecified atom stereocenters. The Kier molecular flexibility index (Phi) is 12.9. The summed E-state index contributed by atoms with van der Waals surface area (Å²) in [6, 6.07) is 12.2. The molecule has 0 fully saturated rings. The fourth-order valence-corrected chi connectivity index (χ4v) is 5.05. The average molecular weight is 639 g/mol. The Labute approximate surface area is 266 Å². The van der Waals surface area contributed by atoms with Gasteiger partial charge in [0.15, 0.2) is 0 Å². The largest absolute Gasteiger partial charge is 0.388 e. The van der Waals surface area contributed by atoms with E-state index in [0.29, 0.717) is 37.6 Å². The van der Waals surface area contributed by atoms with E-state index in [1.54, 1.807) is 35.2 Å². The number of hydrogen-bond acceptors (Lipinski definition) is 6. The molecule has 10 nitrogen and oxygen atoms in total. The third kappa shape index (κ3) is 9.66. The second kappa shape index (κ2) is 16.6. The summed E-state index contributed by atoms with van der Waals surface area (Å²) >= 11 is 0.